The van der Waals surface area contributed by atoms with Crippen LogP contribution >= 0.6 is 7.37 Å². The molecule has 12 heteroatoms. The Morgan fingerprint density at radius 1 is 1.12 bits per heavy atom. The fourth-order valence-electron chi connectivity index (χ4n) is 3.53. The highest BCUT2D eigenvalue weighted by Crippen LogP contribution is 2.59. The number of aryl methyl sites for hydroxylation is 1. The molecule has 1 fully saturated rings. The highest BCUT2D eigenvalue weighted by molar-refractivity contribution is 7.61. The van der Waals surface area contributed by atoms with Gasteiger partial charge in [-0.25, -0.2) is 4.79 Å². The van der Waals surface area contributed by atoms with Crippen LogP contribution in [0.2, 0.25) is 0 Å². The summed E-state index contributed by atoms with van der Waals surface area (Å²) in [6, 6.07) is 10.1. The van der Waals surface area contributed by atoms with E-state index in [1.165, 1.54) is 5.56 Å². The molecule has 0 aliphatic carbocycles. The van der Waals surface area contributed by atoms with E-state index < -0.39 is 30.6 Å². The maximum absolute atomic E-state index is 12.7. The van der Waals surface area contributed by atoms with Gasteiger partial charge in [-0.2, -0.15) is 13.2 Å². The van der Waals surface area contributed by atoms with Crippen molar-refractivity contribution in [1.82, 2.24) is 4.90 Å². The first-order valence-electron chi connectivity index (χ1n) is 10.2. The lowest BCUT2D eigenvalue weighted by Gasteiger charge is -2.43. The fraction of sp³-hybridized carbons (Fsp3) is 0.600. The van der Waals surface area contributed by atoms with Crippen molar-refractivity contribution in [3.63, 3.8) is 0 Å². The molecule has 32 heavy (non-hydrogen) atoms. The van der Waals surface area contributed by atoms with Gasteiger partial charge in [0.05, 0.1) is 0 Å². The molecule has 0 radical (unpaired) electrons. The Morgan fingerprint density at radius 2 is 1.72 bits per heavy atom. The number of benzene rings is 1. The molecule has 1 heterocycles. The molecule has 1 aliphatic heterocycles. The van der Waals surface area contributed by atoms with E-state index in [-0.39, 0.29) is 19.1 Å². The van der Waals surface area contributed by atoms with Crippen LogP contribution < -0.4 is 5.73 Å². The smallest absolute Gasteiger partial charge is 0.480 e. The first-order valence-corrected chi connectivity index (χ1v) is 12.0. The average molecular weight is 482 g/mol. The second-order valence-electron chi connectivity index (χ2n) is 7.68. The van der Waals surface area contributed by atoms with Crippen LogP contribution in [0.4, 0.5) is 13.2 Å². The van der Waals surface area contributed by atoms with Crippen molar-refractivity contribution in [2.24, 2.45) is 5.73 Å². The Labute approximate surface area is 184 Å². The monoisotopic (exact) mass is 482 g/mol. The third-order valence-corrected chi connectivity index (χ3v) is 8.04. The Bertz CT molecular complexity index is 793. The van der Waals surface area contributed by atoms with Crippen LogP contribution in [-0.4, -0.2) is 75.6 Å². The minimum atomic E-state index is -5.08. The molecule has 182 valence electrons. The lowest BCUT2D eigenvalue weighted by atomic mass is 9.99. The van der Waals surface area contributed by atoms with E-state index in [1.54, 1.807) is 0 Å². The van der Waals surface area contributed by atoms with Gasteiger partial charge in [0.25, 0.3) is 0 Å². The molecule has 1 aromatic carbocycles. The molecular weight excluding hydrogens is 452 g/mol. The lowest BCUT2D eigenvalue weighted by Crippen LogP contribution is -2.54. The predicted molar refractivity (Wildman–Crippen MR) is 113 cm³/mol. The van der Waals surface area contributed by atoms with Crippen LogP contribution in [0, 0.1) is 0 Å². The molecule has 1 saturated heterocycles. The third-order valence-electron chi connectivity index (χ3n) is 5.34. The number of nitrogens with two attached hydrogens (primary N) is 1. The SMILES string of the molecule is NCCCCC1(C(=O)O)CN(CCCc2ccccc2)CCP1(=O)O.O=C(O)C(F)(F)F. The summed E-state index contributed by atoms with van der Waals surface area (Å²) in [6.07, 6.45) is -1.77. The van der Waals surface area contributed by atoms with Gasteiger partial charge < -0.3 is 25.7 Å². The average Bonchev–Trinajstić information content (AvgIpc) is 2.70. The summed E-state index contributed by atoms with van der Waals surface area (Å²) in [5.41, 5.74) is 6.74. The quantitative estimate of drug-likeness (QED) is 0.311. The molecule has 1 aliphatic rings. The first-order chi connectivity index (χ1) is 14.9. The standard InChI is InChI=1S/C18H29N2O4P.C2HF3O2/c19-11-5-4-10-18(17(21)22)15-20(13-14-25(18,23)24)12-6-9-16-7-2-1-3-8-16;3-2(4,5)1(6)7/h1-3,7-8H,4-6,9-15,19H2,(H,21,22)(H,23,24);(H,6,7). The number of halogens is 3. The molecular formula is C20H30F3N2O6P. The summed E-state index contributed by atoms with van der Waals surface area (Å²) in [4.78, 5) is 33.3. The minimum absolute atomic E-state index is 0.0489. The Balaban J connectivity index is 0.000000633. The number of aliphatic carboxylic acids is 2. The summed E-state index contributed by atoms with van der Waals surface area (Å²) in [6.45, 7) is 1.83. The maximum atomic E-state index is 12.7. The van der Waals surface area contributed by atoms with E-state index in [1.807, 2.05) is 23.1 Å². The number of hydrogen-bond donors (Lipinski definition) is 4. The molecule has 0 bridgehead atoms. The van der Waals surface area contributed by atoms with E-state index >= 15 is 0 Å². The number of carboxylic acid groups (broad SMARTS) is 2. The van der Waals surface area contributed by atoms with Gasteiger partial charge in [0, 0.05) is 19.3 Å². The number of carbonyl (C=O) groups is 2. The fourth-order valence-corrected chi connectivity index (χ4v) is 5.74. The van der Waals surface area contributed by atoms with Crippen molar-refractivity contribution in [1.29, 1.82) is 0 Å². The Kier molecular flexibility index (Phi) is 10.8. The van der Waals surface area contributed by atoms with E-state index in [0.29, 0.717) is 25.9 Å². The highest BCUT2D eigenvalue weighted by atomic mass is 31.2. The van der Waals surface area contributed by atoms with Gasteiger partial charge in [-0.3, -0.25) is 9.36 Å². The molecule has 0 aromatic heterocycles. The minimum Gasteiger partial charge on any atom is -0.480 e. The topological polar surface area (TPSA) is 141 Å². The predicted octanol–water partition coefficient (Wildman–Crippen LogP) is 2.79. The van der Waals surface area contributed by atoms with Crippen molar-refractivity contribution >= 4 is 19.3 Å². The van der Waals surface area contributed by atoms with Crippen molar-refractivity contribution in [3.05, 3.63) is 35.9 Å². The van der Waals surface area contributed by atoms with E-state index in [9.17, 15) is 32.5 Å². The van der Waals surface area contributed by atoms with Crippen molar-refractivity contribution in [2.45, 2.75) is 43.4 Å². The molecule has 1 aromatic rings. The number of alkyl halides is 3. The van der Waals surface area contributed by atoms with Crippen LogP contribution in [0.3, 0.4) is 0 Å². The van der Waals surface area contributed by atoms with E-state index in [2.05, 4.69) is 12.1 Å². The van der Waals surface area contributed by atoms with Gasteiger partial charge in [0.15, 0.2) is 5.16 Å². The van der Waals surface area contributed by atoms with E-state index in [0.717, 1.165) is 19.4 Å². The van der Waals surface area contributed by atoms with Gasteiger partial charge in [0.2, 0.25) is 7.37 Å². The molecule has 0 amide bonds. The summed E-state index contributed by atoms with van der Waals surface area (Å²) < 4.78 is 44.4. The summed E-state index contributed by atoms with van der Waals surface area (Å²) in [5.74, 6) is -3.91. The normalized spacial score (nSPS) is 23.8. The maximum Gasteiger partial charge on any atom is 0.490 e. The number of rotatable bonds is 9. The molecule has 5 N–H and O–H groups in total. The number of nitrogens with zero attached hydrogens (tertiary/aromatic N) is 1. The van der Waals surface area contributed by atoms with Gasteiger partial charge >= 0.3 is 18.1 Å². The molecule has 2 rings (SSSR count). The van der Waals surface area contributed by atoms with Crippen molar-refractivity contribution < 1.29 is 42.4 Å². The van der Waals surface area contributed by atoms with Crippen molar-refractivity contribution in [2.75, 3.05) is 32.3 Å². The van der Waals surface area contributed by atoms with Gasteiger partial charge in [0.1, 0.15) is 0 Å². The van der Waals surface area contributed by atoms with Crippen LogP contribution in [-0.2, 0) is 20.6 Å². The van der Waals surface area contributed by atoms with Crippen LogP contribution in [0.5, 0.6) is 0 Å². The Morgan fingerprint density at radius 3 is 2.22 bits per heavy atom. The van der Waals surface area contributed by atoms with Gasteiger partial charge in [-0.15, -0.1) is 0 Å². The zero-order chi connectivity index (χ0) is 24.4. The third kappa shape index (κ3) is 8.20. The van der Waals surface area contributed by atoms with Crippen molar-refractivity contribution in [3.8, 4) is 0 Å². The molecule has 0 spiro atoms. The first kappa shape index (κ1) is 28.1. The van der Waals surface area contributed by atoms with E-state index in [4.69, 9.17) is 15.6 Å². The molecule has 2 unspecified atom stereocenters. The number of carboxylic acids is 2. The zero-order valence-electron chi connectivity index (χ0n) is 17.6. The second kappa shape index (κ2) is 12.3. The summed E-state index contributed by atoms with van der Waals surface area (Å²) in [5, 5.41) is 15.3. The van der Waals surface area contributed by atoms with Crippen LogP contribution in [0.25, 0.3) is 0 Å². The summed E-state index contributed by atoms with van der Waals surface area (Å²) >= 11 is 0. The largest absolute Gasteiger partial charge is 0.490 e. The molecule has 2 atom stereocenters. The Hall–Kier alpha value is -1.94. The highest BCUT2D eigenvalue weighted by Gasteiger charge is 2.56. The van der Waals surface area contributed by atoms with Gasteiger partial charge in [-0.05, 0) is 44.3 Å². The van der Waals surface area contributed by atoms with Gasteiger partial charge in [-0.1, -0.05) is 36.8 Å². The zero-order valence-corrected chi connectivity index (χ0v) is 18.5. The number of unbranched alkanes of at least 4 members (excludes halogenated alkanes) is 1. The molecule has 8 nitrogen and oxygen atoms in total. The summed E-state index contributed by atoms with van der Waals surface area (Å²) in [7, 11) is -3.73. The lowest BCUT2D eigenvalue weighted by molar-refractivity contribution is -0.192. The number of hydrogen-bond acceptors (Lipinski definition) is 5. The van der Waals surface area contributed by atoms with Crippen LogP contribution in [0.1, 0.15) is 31.2 Å². The molecule has 0 saturated carbocycles. The second-order valence-corrected chi connectivity index (χ2v) is 10.4. The van der Waals surface area contributed by atoms with Crippen LogP contribution in [0.15, 0.2) is 30.3 Å².